The molecule has 1 N–H and O–H groups in total. The van der Waals surface area contributed by atoms with Gasteiger partial charge in [-0.05, 0) is 43.5 Å². The molecule has 1 amide bonds. The molecule has 0 radical (unpaired) electrons. The molecule has 1 fully saturated rings. The second-order valence-corrected chi connectivity index (χ2v) is 6.29. The monoisotopic (exact) mass is 390 g/mol. The summed E-state index contributed by atoms with van der Waals surface area (Å²) in [5.74, 6) is 0.397. The Hall–Kier alpha value is -0.910. The van der Waals surface area contributed by atoms with Gasteiger partial charge in [-0.15, -0.1) is 19.0 Å². The first-order chi connectivity index (χ1) is 10.1. The molecule has 22 heavy (non-hydrogen) atoms. The van der Waals surface area contributed by atoms with Crippen LogP contribution in [0.15, 0.2) is 35.3 Å². The van der Waals surface area contributed by atoms with Gasteiger partial charge in [0.05, 0.1) is 6.54 Å². The zero-order valence-corrected chi connectivity index (χ0v) is 14.8. The molecular formula is C16H21BrClFN2O. The van der Waals surface area contributed by atoms with E-state index in [1.54, 1.807) is 23.1 Å². The number of amides is 1. The van der Waals surface area contributed by atoms with Crippen molar-refractivity contribution in [2.45, 2.75) is 19.4 Å². The molecule has 1 aromatic carbocycles. The zero-order chi connectivity index (χ0) is 15.2. The van der Waals surface area contributed by atoms with Crippen molar-refractivity contribution in [2.24, 2.45) is 5.92 Å². The van der Waals surface area contributed by atoms with E-state index < -0.39 is 0 Å². The van der Waals surface area contributed by atoms with Gasteiger partial charge in [0.2, 0.25) is 5.91 Å². The molecule has 0 aromatic heterocycles. The lowest BCUT2D eigenvalue weighted by Gasteiger charge is -2.22. The van der Waals surface area contributed by atoms with E-state index >= 15 is 0 Å². The summed E-state index contributed by atoms with van der Waals surface area (Å²) in [6, 6.07) is 4.76. The Morgan fingerprint density at radius 1 is 1.50 bits per heavy atom. The Morgan fingerprint density at radius 2 is 2.23 bits per heavy atom. The van der Waals surface area contributed by atoms with Crippen LogP contribution >= 0.6 is 28.3 Å². The summed E-state index contributed by atoms with van der Waals surface area (Å²) in [4.78, 5) is 13.8. The second kappa shape index (κ2) is 9.28. The molecule has 3 nitrogen and oxygen atoms in total. The Labute approximate surface area is 145 Å². The maximum absolute atomic E-state index is 13.8. The van der Waals surface area contributed by atoms with Gasteiger partial charge < -0.3 is 10.2 Å². The molecular weight excluding hydrogens is 371 g/mol. The third-order valence-electron chi connectivity index (χ3n) is 3.48. The number of hydrogen-bond donors (Lipinski definition) is 1. The molecule has 2 rings (SSSR count). The summed E-state index contributed by atoms with van der Waals surface area (Å²) < 4.78 is 14.6. The van der Waals surface area contributed by atoms with E-state index in [-0.39, 0.29) is 30.7 Å². The van der Waals surface area contributed by atoms with Gasteiger partial charge in [0.1, 0.15) is 5.82 Å². The van der Waals surface area contributed by atoms with Gasteiger partial charge in [0.25, 0.3) is 0 Å². The first-order valence-electron chi connectivity index (χ1n) is 7.13. The fraction of sp³-hybridized carbons (Fsp3) is 0.438. The molecule has 1 saturated carbocycles. The average molecular weight is 392 g/mol. The van der Waals surface area contributed by atoms with Gasteiger partial charge in [-0.25, -0.2) is 4.39 Å². The Kier molecular flexibility index (Phi) is 8.07. The summed E-state index contributed by atoms with van der Waals surface area (Å²) in [6.07, 6.45) is 4.16. The molecule has 1 aromatic rings. The van der Waals surface area contributed by atoms with Crippen molar-refractivity contribution in [3.63, 3.8) is 0 Å². The van der Waals surface area contributed by atoms with E-state index in [1.165, 1.54) is 18.9 Å². The first-order valence-corrected chi connectivity index (χ1v) is 7.92. The Balaban J connectivity index is 0.00000242. The van der Waals surface area contributed by atoms with Gasteiger partial charge in [-0.3, -0.25) is 4.79 Å². The van der Waals surface area contributed by atoms with Crippen molar-refractivity contribution >= 4 is 34.2 Å². The van der Waals surface area contributed by atoms with Crippen LogP contribution in [-0.4, -0.2) is 30.4 Å². The van der Waals surface area contributed by atoms with Crippen LogP contribution in [0.4, 0.5) is 4.39 Å². The van der Waals surface area contributed by atoms with Crippen LogP contribution in [0.25, 0.3) is 0 Å². The molecule has 0 saturated heterocycles. The maximum Gasteiger partial charge on any atom is 0.237 e. The standard InChI is InChI=1S/C16H20BrFN2O.ClH/c1-2-7-20(16(21)10-19-9-12-3-4-12)11-13-8-14(17)5-6-15(13)18;/h2,5-6,8,12,19H,1,3-4,7,9-11H2;1H. The van der Waals surface area contributed by atoms with Crippen LogP contribution in [-0.2, 0) is 11.3 Å². The summed E-state index contributed by atoms with van der Waals surface area (Å²) in [7, 11) is 0. The van der Waals surface area contributed by atoms with Gasteiger partial charge in [-0.2, -0.15) is 0 Å². The fourth-order valence-electron chi connectivity index (χ4n) is 2.10. The number of hydrogen-bond acceptors (Lipinski definition) is 2. The SMILES string of the molecule is C=CCN(Cc1cc(Br)ccc1F)C(=O)CNCC1CC1.Cl. The van der Waals surface area contributed by atoms with Crippen LogP contribution in [0.2, 0.25) is 0 Å². The quantitative estimate of drug-likeness (QED) is 0.688. The van der Waals surface area contributed by atoms with Crippen molar-refractivity contribution < 1.29 is 9.18 Å². The molecule has 6 heteroatoms. The normalized spacial score (nSPS) is 13.4. The van der Waals surface area contributed by atoms with Crippen molar-refractivity contribution in [1.29, 1.82) is 0 Å². The van der Waals surface area contributed by atoms with Crippen molar-refractivity contribution in [3.8, 4) is 0 Å². The Bertz CT molecular complexity index is 523. The minimum Gasteiger partial charge on any atom is -0.333 e. The second-order valence-electron chi connectivity index (χ2n) is 5.37. The van der Waals surface area contributed by atoms with E-state index in [1.807, 2.05) is 0 Å². The molecule has 0 atom stereocenters. The molecule has 1 aliphatic carbocycles. The zero-order valence-electron chi connectivity index (χ0n) is 12.4. The van der Waals surface area contributed by atoms with Crippen LogP contribution in [0, 0.1) is 11.7 Å². The third kappa shape index (κ3) is 6.07. The van der Waals surface area contributed by atoms with Crippen LogP contribution in [0.5, 0.6) is 0 Å². The van der Waals surface area contributed by atoms with Crippen LogP contribution in [0.3, 0.4) is 0 Å². The van der Waals surface area contributed by atoms with Crippen molar-refractivity contribution in [3.05, 3.63) is 46.7 Å². The lowest BCUT2D eigenvalue weighted by molar-refractivity contribution is -0.130. The highest BCUT2D eigenvalue weighted by Gasteiger charge is 2.21. The molecule has 1 aliphatic rings. The first kappa shape index (κ1) is 19.1. The molecule has 0 heterocycles. The lowest BCUT2D eigenvalue weighted by atomic mass is 10.2. The largest absolute Gasteiger partial charge is 0.333 e. The summed E-state index contributed by atoms with van der Waals surface area (Å²) in [5, 5.41) is 3.17. The molecule has 0 bridgehead atoms. The number of nitrogens with one attached hydrogen (secondary N) is 1. The Morgan fingerprint density at radius 3 is 2.86 bits per heavy atom. The molecule has 122 valence electrons. The summed E-state index contributed by atoms with van der Waals surface area (Å²) in [5.41, 5.74) is 0.502. The number of carbonyl (C=O) groups is 1. The number of rotatable bonds is 8. The van der Waals surface area contributed by atoms with Gasteiger partial charge in [0.15, 0.2) is 0 Å². The minimum absolute atomic E-state index is 0. The van der Waals surface area contributed by atoms with Crippen LogP contribution in [0.1, 0.15) is 18.4 Å². The average Bonchev–Trinajstić information content (AvgIpc) is 3.26. The van der Waals surface area contributed by atoms with Crippen molar-refractivity contribution in [2.75, 3.05) is 19.6 Å². The highest BCUT2D eigenvalue weighted by atomic mass is 79.9. The highest BCUT2D eigenvalue weighted by molar-refractivity contribution is 9.10. The topological polar surface area (TPSA) is 32.3 Å². The van der Waals surface area contributed by atoms with E-state index in [9.17, 15) is 9.18 Å². The predicted molar refractivity (Wildman–Crippen MR) is 92.6 cm³/mol. The fourth-order valence-corrected chi connectivity index (χ4v) is 2.51. The third-order valence-corrected chi connectivity index (χ3v) is 3.97. The predicted octanol–water partition coefficient (Wildman–Crippen LogP) is 3.52. The number of halogens is 3. The number of nitrogens with zero attached hydrogens (tertiary/aromatic N) is 1. The summed E-state index contributed by atoms with van der Waals surface area (Å²) in [6.45, 7) is 5.51. The minimum atomic E-state index is -0.300. The van der Waals surface area contributed by atoms with E-state index in [2.05, 4.69) is 27.8 Å². The molecule has 0 unspecified atom stereocenters. The number of carbonyl (C=O) groups excluding carboxylic acids is 1. The highest BCUT2D eigenvalue weighted by Crippen LogP contribution is 2.27. The maximum atomic E-state index is 13.8. The van der Waals surface area contributed by atoms with Gasteiger partial charge in [0, 0.05) is 23.1 Å². The smallest absolute Gasteiger partial charge is 0.237 e. The lowest BCUT2D eigenvalue weighted by Crippen LogP contribution is -2.38. The van der Waals surface area contributed by atoms with E-state index in [4.69, 9.17) is 0 Å². The van der Waals surface area contributed by atoms with Crippen LogP contribution < -0.4 is 5.32 Å². The van der Waals surface area contributed by atoms with Gasteiger partial charge >= 0.3 is 0 Å². The summed E-state index contributed by atoms with van der Waals surface area (Å²) >= 11 is 3.32. The van der Waals surface area contributed by atoms with Crippen molar-refractivity contribution in [1.82, 2.24) is 10.2 Å². The van der Waals surface area contributed by atoms with E-state index in [0.29, 0.717) is 18.7 Å². The molecule has 0 spiro atoms. The number of benzene rings is 1. The van der Waals surface area contributed by atoms with E-state index in [0.717, 1.165) is 16.9 Å². The van der Waals surface area contributed by atoms with Gasteiger partial charge in [-0.1, -0.05) is 22.0 Å². The molecule has 0 aliphatic heterocycles.